The summed E-state index contributed by atoms with van der Waals surface area (Å²) in [6.45, 7) is 4.95. The minimum atomic E-state index is -0.0502. The van der Waals surface area contributed by atoms with Crippen molar-refractivity contribution in [1.82, 2.24) is 0 Å². The van der Waals surface area contributed by atoms with E-state index in [1.807, 2.05) is 0 Å². The van der Waals surface area contributed by atoms with Crippen molar-refractivity contribution in [1.29, 1.82) is 0 Å². The molecule has 0 heterocycles. The maximum Gasteiger partial charge on any atom is 0.106 e. The van der Waals surface area contributed by atoms with E-state index in [1.54, 1.807) is 7.11 Å². The molecule has 0 spiro atoms. The van der Waals surface area contributed by atoms with Gasteiger partial charge >= 0.3 is 0 Å². The Morgan fingerprint density at radius 1 is 1.00 bits per heavy atom. The van der Waals surface area contributed by atoms with Crippen LogP contribution in [0.25, 0.3) is 0 Å². The molecule has 23 heavy (non-hydrogen) atoms. The van der Waals surface area contributed by atoms with Crippen LogP contribution in [0, 0.1) is 34.5 Å². The van der Waals surface area contributed by atoms with Crippen LogP contribution < -0.4 is 0 Å². The molecule has 0 unspecified atom stereocenters. The van der Waals surface area contributed by atoms with Crippen molar-refractivity contribution in [2.45, 2.75) is 77.7 Å². The number of aliphatic hydroxyl groups excluding tert-OH is 1. The molecule has 0 radical (unpaired) electrons. The Hall–Kier alpha value is -0.570. The van der Waals surface area contributed by atoms with Gasteiger partial charge in [0.15, 0.2) is 0 Å². The third-order valence-corrected chi connectivity index (χ3v) is 8.67. The highest BCUT2D eigenvalue weighted by Crippen LogP contribution is 2.65. The highest BCUT2D eigenvalue weighted by molar-refractivity contribution is 5.85. The molecule has 1 N–H and O–H groups in total. The summed E-state index contributed by atoms with van der Waals surface area (Å²) in [5, 5.41) is 14.8. The quantitative estimate of drug-likeness (QED) is 0.728. The maximum atomic E-state index is 10.5. The van der Waals surface area contributed by atoms with Crippen molar-refractivity contribution in [3.8, 4) is 0 Å². The first kappa shape index (κ1) is 15.9. The number of aliphatic hydroxyl groups is 1. The van der Waals surface area contributed by atoms with E-state index in [0.29, 0.717) is 5.41 Å². The van der Waals surface area contributed by atoms with E-state index in [-0.39, 0.29) is 11.5 Å². The molecule has 7 atom stereocenters. The summed E-state index contributed by atoms with van der Waals surface area (Å²) < 4.78 is 0. The maximum absolute atomic E-state index is 10.5. The summed E-state index contributed by atoms with van der Waals surface area (Å²) in [7, 11) is 1.67. The highest BCUT2D eigenvalue weighted by atomic mass is 16.6. The van der Waals surface area contributed by atoms with Gasteiger partial charge in [-0.25, -0.2) is 0 Å². The normalized spacial score (nSPS) is 54.3. The van der Waals surface area contributed by atoms with E-state index in [9.17, 15) is 5.11 Å². The van der Waals surface area contributed by atoms with Gasteiger partial charge in [0, 0.05) is 0 Å². The fraction of sp³-hybridized carbons (Fsp3) is 0.950. The fourth-order valence-corrected chi connectivity index (χ4v) is 7.24. The lowest BCUT2D eigenvalue weighted by Gasteiger charge is -2.60. The third kappa shape index (κ3) is 2.22. The summed E-state index contributed by atoms with van der Waals surface area (Å²) >= 11 is 0. The number of oxime groups is 1. The first-order chi connectivity index (χ1) is 11.0. The molecule has 0 amide bonds. The molecule has 4 aliphatic carbocycles. The largest absolute Gasteiger partial charge is 0.399 e. The molecular formula is C20H33NO2. The molecule has 3 heteroatoms. The van der Waals surface area contributed by atoms with Gasteiger partial charge in [-0.05, 0) is 92.3 Å². The van der Waals surface area contributed by atoms with Crippen LogP contribution >= 0.6 is 0 Å². The average molecular weight is 319 g/mol. The lowest BCUT2D eigenvalue weighted by Crippen LogP contribution is -2.54. The van der Waals surface area contributed by atoms with Crippen molar-refractivity contribution in [2.24, 2.45) is 39.7 Å². The van der Waals surface area contributed by atoms with Crippen molar-refractivity contribution >= 4 is 5.71 Å². The number of rotatable bonds is 1. The van der Waals surface area contributed by atoms with Gasteiger partial charge in [0.25, 0.3) is 0 Å². The van der Waals surface area contributed by atoms with Crippen LogP contribution in [-0.2, 0) is 4.84 Å². The van der Waals surface area contributed by atoms with Crippen LogP contribution in [-0.4, -0.2) is 24.0 Å². The van der Waals surface area contributed by atoms with Gasteiger partial charge in [-0.2, -0.15) is 0 Å². The van der Waals surface area contributed by atoms with Crippen LogP contribution in [0.15, 0.2) is 5.16 Å². The predicted octanol–water partition coefficient (Wildman–Crippen LogP) is 4.39. The molecular weight excluding hydrogens is 286 g/mol. The molecule has 4 aliphatic rings. The zero-order chi connectivity index (χ0) is 16.2. The number of hydrogen-bond acceptors (Lipinski definition) is 3. The first-order valence-electron chi connectivity index (χ1n) is 9.76. The second-order valence-electron chi connectivity index (χ2n) is 9.34. The molecule has 0 aromatic rings. The number of hydrogen-bond donors (Lipinski definition) is 1. The Morgan fingerprint density at radius 3 is 2.57 bits per heavy atom. The van der Waals surface area contributed by atoms with Gasteiger partial charge in [0.05, 0.1) is 11.8 Å². The zero-order valence-electron chi connectivity index (χ0n) is 15.1. The van der Waals surface area contributed by atoms with E-state index in [0.717, 1.165) is 42.9 Å². The van der Waals surface area contributed by atoms with Crippen molar-refractivity contribution in [3.05, 3.63) is 0 Å². The van der Waals surface area contributed by atoms with E-state index in [1.165, 1.54) is 44.2 Å². The summed E-state index contributed by atoms with van der Waals surface area (Å²) in [4.78, 5) is 5.04. The van der Waals surface area contributed by atoms with Crippen molar-refractivity contribution in [2.75, 3.05) is 7.11 Å². The first-order valence-corrected chi connectivity index (χ1v) is 9.76. The van der Waals surface area contributed by atoms with E-state index >= 15 is 0 Å². The Labute approximate surface area is 140 Å². The summed E-state index contributed by atoms with van der Waals surface area (Å²) in [6.07, 6.45) is 11.1. The average Bonchev–Trinajstić information content (AvgIpc) is 2.84. The van der Waals surface area contributed by atoms with Gasteiger partial charge in [-0.1, -0.05) is 19.0 Å². The second kappa shape index (κ2) is 5.47. The molecule has 4 fully saturated rings. The van der Waals surface area contributed by atoms with Crippen molar-refractivity contribution < 1.29 is 9.94 Å². The Morgan fingerprint density at radius 2 is 1.78 bits per heavy atom. The minimum absolute atomic E-state index is 0.0502. The molecule has 0 aliphatic heterocycles. The minimum Gasteiger partial charge on any atom is -0.399 e. The molecule has 0 aromatic carbocycles. The number of fused-ring (bicyclic) bond motifs is 5. The summed E-state index contributed by atoms with van der Waals surface area (Å²) in [5.74, 6) is 3.28. The van der Waals surface area contributed by atoms with Gasteiger partial charge in [-0.3, -0.25) is 0 Å². The second-order valence-corrected chi connectivity index (χ2v) is 9.34. The molecule has 0 saturated heterocycles. The lowest BCUT2D eigenvalue weighted by molar-refractivity contribution is -0.112. The van der Waals surface area contributed by atoms with Crippen LogP contribution in [0.3, 0.4) is 0 Å². The number of nitrogens with zero attached hydrogens (tertiary/aromatic N) is 1. The Kier molecular flexibility index (Phi) is 3.79. The van der Waals surface area contributed by atoms with Crippen LogP contribution in [0.2, 0.25) is 0 Å². The fourth-order valence-electron chi connectivity index (χ4n) is 7.24. The van der Waals surface area contributed by atoms with Crippen LogP contribution in [0.4, 0.5) is 0 Å². The van der Waals surface area contributed by atoms with Crippen LogP contribution in [0.5, 0.6) is 0 Å². The molecule has 130 valence electrons. The Bertz CT molecular complexity index is 504. The van der Waals surface area contributed by atoms with Gasteiger partial charge < -0.3 is 9.94 Å². The van der Waals surface area contributed by atoms with E-state index in [4.69, 9.17) is 4.84 Å². The zero-order valence-corrected chi connectivity index (χ0v) is 15.1. The molecule has 4 rings (SSSR count). The predicted molar refractivity (Wildman–Crippen MR) is 92.2 cm³/mol. The van der Waals surface area contributed by atoms with Crippen molar-refractivity contribution in [3.63, 3.8) is 0 Å². The molecule has 4 saturated carbocycles. The molecule has 0 bridgehead atoms. The lowest BCUT2D eigenvalue weighted by atomic mass is 9.45. The van der Waals surface area contributed by atoms with E-state index < -0.39 is 0 Å². The topological polar surface area (TPSA) is 41.8 Å². The SMILES string of the molecule is CO/N=C1/CC[C@@]2(C)[C@@H](CC[C@@H]3[C@@H]2CC[C@]2(C)[C@@H](O)CC[C@@H]32)C1. The third-order valence-electron chi connectivity index (χ3n) is 8.67. The Balaban J connectivity index is 1.58. The van der Waals surface area contributed by atoms with Crippen LogP contribution in [0.1, 0.15) is 71.6 Å². The van der Waals surface area contributed by atoms with Gasteiger partial charge in [0.1, 0.15) is 7.11 Å². The standard InChI is InChI=1S/C20H33NO2/c1-19-10-8-14(21-23-3)12-13(19)4-5-15-16-6-7-18(22)20(16,2)11-9-17(15)19/h13,15-18,22H,4-12H2,1-3H3/b21-14-/t13-,15-,16-,17-,18-,19-,20-/m0/s1. The molecule has 3 nitrogen and oxygen atoms in total. The van der Waals surface area contributed by atoms with Gasteiger partial charge in [0.2, 0.25) is 0 Å². The summed E-state index contributed by atoms with van der Waals surface area (Å²) in [6, 6.07) is 0. The van der Waals surface area contributed by atoms with E-state index in [2.05, 4.69) is 19.0 Å². The molecule has 0 aromatic heterocycles. The summed E-state index contributed by atoms with van der Waals surface area (Å²) in [5.41, 5.74) is 1.98. The monoisotopic (exact) mass is 319 g/mol. The highest BCUT2D eigenvalue weighted by Gasteiger charge is 2.59. The smallest absolute Gasteiger partial charge is 0.106 e. The van der Waals surface area contributed by atoms with Gasteiger partial charge in [-0.15, -0.1) is 0 Å².